The largest absolute Gasteiger partial charge is 0.340 e. The number of piperidine rings is 1. The van der Waals surface area contributed by atoms with E-state index in [-0.39, 0.29) is 16.7 Å². The summed E-state index contributed by atoms with van der Waals surface area (Å²) in [7, 11) is -3.63. The SMILES string of the molecule is N#Cc1ccc(CN2CCN(C(=O)C3CCN(S(=O)(=O)c4ccc(C#N)cc4)CC3)CC2)cc1. The van der Waals surface area contributed by atoms with Gasteiger partial charge in [-0.25, -0.2) is 8.42 Å². The molecule has 2 aromatic rings. The van der Waals surface area contributed by atoms with Crippen molar-refractivity contribution in [3.05, 3.63) is 65.2 Å². The van der Waals surface area contributed by atoms with Crippen LogP contribution in [0, 0.1) is 28.6 Å². The van der Waals surface area contributed by atoms with Crippen LogP contribution in [-0.2, 0) is 21.4 Å². The number of nitrogens with zero attached hydrogens (tertiary/aromatic N) is 5. The molecular weight excluding hydrogens is 450 g/mol. The fourth-order valence-electron chi connectivity index (χ4n) is 4.52. The molecule has 2 fully saturated rings. The molecule has 0 N–H and O–H groups in total. The molecular formula is C25H27N5O3S. The smallest absolute Gasteiger partial charge is 0.243 e. The maximum atomic E-state index is 13.1. The monoisotopic (exact) mass is 477 g/mol. The van der Waals surface area contributed by atoms with Crippen molar-refractivity contribution in [2.24, 2.45) is 5.92 Å². The number of rotatable bonds is 5. The lowest BCUT2D eigenvalue weighted by atomic mass is 9.96. The van der Waals surface area contributed by atoms with Gasteiger partial charge in [0.15, 0.2) is 0 Å². The number of hydrogen-bond acceptors (Lipinski definition) is 6. The number of carbonyl (C=O) groups excluding carboxylic acids is 1. The predicted molar refractivity (Wildman–Crippen MR) is 126 cm³/mol. The van der Waals surface area contributed by atoms with E-state index in [9.17, 15) is 13.2 Å². The molecule has 2 aliphatic rings. The van der Waals surface area contributed by atoms with Crippen molar-refractivity contribution in [3.8, 4) is 12.1 Å². The fourth-order valence-corrected chi connectivity index (χ4v) is 5.99. The van der Waals surface area contributed by atoms with E-state index in [1.165, 1.54) is 28.6 Å². The van der Waals surface area contributed by atoms with E-state index in [2.05, 4.69) is 11.0 Å². The Morgan fingerprint density at radius 1 is 0.824 bits per heavy atom. The molecule has 2 saturated heterocycles. The summed E-state index contributed by atoms with van der Waals surface area (Å²) in [5, 5.41) is 17.8. The average molecular weight is 478 g/mol. The summed E-state index contributed by atoms with van der Waals surface area (Å²) in [5.41, 5.74) is 2.21. The molecule has 0 bridgehead atoms. The second kappa shape index (κ2) is 10.4. The minimum Gasteiger partial charge on any atom is -0.340 e. The van der Waals surface area contributed by atoms with Crippen LogP contribution in [0.2, 0.25) is 0 Å². The Kier molecular flexibility index (Phi) is 7.28. The van der Waals surface area contributed by atoms with Crippen molar-refractivity contribution in [1.82, 2.24) is 14.1 Å². The molecule has 176 valence electrons. The molecule has 0 spiro atoms. The first kappa shape index (κ1) is 23.9. The van der Waals surface area contributed by atoms with Gasteiger partial charge in [0.25, 0.3) is 0 Å². The van der Waals surface area contributed by atoms with Crippen LogP contribution in [0.15, 0.2) is 53.4 Å². The molecule has 4 rings (SSSR count). The highest BCUT2D eigenvalue weighted by atomic mass is 32.2. The summed E-state index contributed by atoms with van der Waals surface area (Å²) < 4.78 is 27.3. The lowest BCUT2D eigenvalue weighted by Crippen LogP contribution is -2.51. The maximum absolute atomic E-state index is 13.1. The van der Waals surface area contributed by atoms with Gasteiger partial charge in [0.2, 0.25) is 15.9 Å². The molecule has 0 atom stereocenters. The lowest BCUT2D eigenvalue weighted by molar-refractivity contribution is -0.138. The van der Waals surface area contributed by atoms with Gasteiger partial charge in [0, 0.05) is 51.7 Å². The van der Waals surface area contributed by atoms with E-state index in [0.717, 1.165) is 25.2 Å². The molecule has 0 aromatic heterocycles. The van der Waals surface area contributed by atoms with Gasteiger partial charge in [-0.2, -0.15) is 14.8 Å². The highest BCUT2D eigenvalue weighted by Crippen LogP contribution is 2.26. The quantitative estimate of drug-likeness (QED) is 0.653. The van der Waals surface area contributed by atoms with Crippen LogP contribution in [0.5, 0.6) is 0 Å². The zero-order valence-electron chi connectivity index (χ0n) is 18.9. The summed E-state index contributed by atoms with van der Waals surface area (Å²) in [6.45, 7) is 4.33. The van der Waals surface area contributed by atoms with Gasteiger partial charge in [0.1, 0.15) is 0 Å². The first-order valence-electron chi connectivity index (χ1n) is 11.4. The Hall–Kier alpha value is -3.24. The first-order valence-corrected chi connectivity index (χ1v) is 12.9. The van der Waals surface area contributed by atoms with Gasteiger partial charge in [-0.05, 0) is 54.8 Å². The average Bonchev–Trinajstić information content (AvgIpc) is 2.89. The first-order chi connectivity index (χ1) is 16.4. The van der Waals surface area contributed by atoms with E-state index in [0.29, 0.717) is 50.1 Å². The summed E-state index contributed by atoms with van der Waals surface area (Å²) in [6, 6.07) is 17.6. The molecule has 0 radical (unpaired) electrons. The van der Waals surface area contributed by atoms with E-state index < -0.39 is 10.0 Å². The summed E-state index contributed by atoms with van der Waals surface area (Å²) in [4.78, 5) is 17.5. The highest BCUT2D eigenvalue weighted by molar-refractivity contribution is 7.89. The Bertz CT molecular complexity index is 1200. The third-order valence-corrected chi connectivity index (χ3v) is 8.51. The zero-order valence-corrected chi connectivity index (χ0v) is 19.7. The van der Waals surface area contributed by atoms with Crippen LogP contribution in [0.4, 0.5) is 0 Å². The van der Waals surface area contributed by atoms with Gasteiger partial charge < -0.3 is 4.90 Å². The van der Waals surface area contributed by atoms with Crippen LogP contribution in [-0.4, -0.2) is 67.7 Å². The summed E-state index contributed by atoms with van der Waals surface area (Å²) in [5.74, 6) is -0.0362. The maximum Gasteiger partial charge on any atom is 0.243 e. The topological polar surface area (TPSA) is 109 Å². The number of nitriles is 2. The van der Waals surface area contributed by atoms with Crippen molar-refractivity contribution in [3.63, 3.8) is 0 Å². The van der Waals surface area contributed by atoms with Gasteiger partial charge in [0.05, 0.1) is 28.2 Å². The Morgan fingerprint density at radius 3 is 1.88 bits per heavy atom. The van der Waals surface area contributed by atoms with Crippen molar-refractivity contribution in [2.75, 3.05) is 39.3 Å². The molecule has 2 aromatic carbocycles. The second-order valence-electron chi connectivity index (χ2n) is 8.72. The van der Waals surface area contributed by atoms with Gasteiger partial charge in [-0.15, -0.1) is 0 Å². The van der Waals surface area contributed by atoms with Crippen molar-refractivity contribution in [2.45, 2.75) is 24.3 Å². The van der Waals surface area contributed by atoms with Crippen LogP contribution in [0.3, 0.4) is 0 Å². The number of benzene rings is 2. The molecule has 0 unspecified atom stereocenters. The van der Waals surface area contributed by atoms with E-state index in [1.807, 2.05) is 35.2 Å². The van der Waals surface area contributed by atoms with Crippen LogP contribution in [0.25, 0.3) is 0 Å². The molecule has 2 aliphatic heterocycles. The number of piperazine rings is 1. The van der Waals surface area contributed by atoms with E-state index in [1.54, 1.807) is 0 Å². The molecule has 34 heavy (non-hydrogen) atoms. The third kappa shape index (κ3) is 5.28. The predicted octanol–water partition coefficient (Wildman–Crippen LogP) is 2.18. The zero-order chi connectivity index (χ0) is 24.1. The minimum atomic E-state index is -3.63. The second-order valence-corrected chi connectivity index (χ2v) is 10.7. The number of hydrogen-bond donors (Lipinski definition) is 0. The molecule has 0 saturated carbocycles. The molecule has 1 amide bonds. The van der Waals surface area contributed by atoms with Crippen LogP contribution in [0.1, 0.15) is 29.5 Å². The third-order valence-electron chi connectivity index (χ3n) is 6.60. The molecule has 9 heteroatoms. The Morgan fingerprint density at radius 2 is 1.35 bits per heavy atom. The van der Waals surface area contributed by atoms with E-state index in [4.69, 9.17) is 10.5 Å². The highest BCUT2D eigenvalue weighted by Gasteiger charge is 2.34. The van der Waals surface area contributed by atoms with Crippen molar-refractivity contribution >= 4 is 15.9 Å². The van der Waals surface area contributed by atoms with Crippen molar-refractivity contribution < 1.29 is 13.2 Å². The Labute approximate surface area is 200 Å². The normalized spacial score (nSPS) is 18.2. The standard InChI is InChI=1S/C25H27N5O3S/c26-17-20-1-3-22(4-2-20)19-28-13-15-29(16-14-28)25(31)23-9-11-30(12-10-23)34(32,33)24-7-5-21(18-27)6-8-24/h1-8,23H,9-16,19H2. The number of carbonyl (C=O) groups is 1. The van der Waals surface area contributed by atoms with Gasteiger partial charge in [-0.3, -0.25) is 9.69 Å². The minimum absolute atomic E-state index is 0.119. The van der Waals surface area contributed by atoms with Crippen molar-refractivity contribution in [1.29, 1.82) is 10.5 Å². The molecule has 8 nitrogen and oxygen atoms in total. The van der Waals surface area contributed by atoms with Crippen LogP contribution >= 0.6 is 0 Å². The lowest BCUT2D eigenvalue weighted by Gasteiger charge is -2.38. The summed E-state index contributed by atoms with van der Waals surface area (Å²) >= 11 is 0. The fraction of sp³-hybridized carbons (Fsp3) is 0.400. The number of amides is 1. The van der Waals surface area contributed by atoms with Gasteiger partial charge in [-0.1, -0.05) is 12.1 Å². The summed E-state index contributed by atoms with van der Waals surface area (Å²) in [6.07, 6.45) is 1.03. The molecule has 0 aliphatic carbocycles. The van der Waals surface area contributed by atoms with E-state index >= 15 is 0 Å². The number of sulfonamides is 1. The van der Waals surface area contributed by atoms with Gasteiger partial charge >= 0.3 is 0 Å². The van der Waals surface area contributed by atoms with Crippen LogP contribution < -0.4 is 0 Å². The molecule has 2 heterocycles. The Balaban J connectivity index is 1.26.